The Hall–Kier alpha value is -1.23. The van der Waals surface area contributed by atoms with Gasteiger partial charge in [-0.1, -0.05) is 40.2 Å². The summed E-state index contributed by atoms with van der Waals surface area (Å²) in [6.45, 7) is 1.31. The van der Waals surface area contributed by atoms with Crippen LogP contribution in [0, 0.1) is 5.82 Å². The minimum atomic E-state index is -0.234. The fraction of sp³-hybridized carbons (Fsp3) is 0.200. The van der Waals surface area contributed by atoms with Crippen LogP contribution in [0.1, 0.15) is 16.7 Å². The molecule has 0 unspecified atom stereocenters. The molecule has 0 saturated carbocycles. The highest BCUT2D eigenvalue weighted by molar-refractivity contribution is 9.10. The van der Waals surface area contributed by atoms with Gasteiger partial charge in [-0.2, -0.15) is 0 Å². The number of nitrogens with one attached hydrogen (secondary N) is 1. The molecule has 0 atom stereocenters. The van der Waals surface area contributed by atoms with Crippen molar-refractivity contribution in [2.75, 3.05) is 0 Å². The number of halogens is 2. The Labute approximate surface area is 120 Å². The first-order valence-electron chi connectivity index (χ1n) is 6.02. The Bertz CT molecular complexity index is 560. The Balaban J connectivity index is 1.94. The maximum absolute atomic E-state index is 13.1. The zero-order valence-electron chi connectivity index (χ0n) is 10.4. The second-order valence-corrected chi connectivity index (χ2v) is 5.17. The average Bonchev–Trinajstić information content (AvgIpc) is 2.43. The lowest BCUT2D eigenvalue weighted by Crippen LogP contribution is -2.13. The van der Waals surface area contributed by atoms with Crippen molar-refractivity contribution < 1.29 is 9.50 Å². The highest BCUT2D eigenvalue weighted by atomic mass is 79.9. The van der Waals surface area contributed by atoms with Crippen LogP contribution >= 0.6 is 15.9 Å². The lowest BCUT2D eigenvalue weighted by molar-refractivity contribution is 0.281. The van der Waals surface area contributed by atoms with E-state index in [1.165, 1.54) is 12.1 Å². The van der Waals surface area contributed by atoms with Gasteiger partial charge < -0.3 is 10.4 Å². The Morgan fingerprint density at radius 1 is 1.05 bits per heavy atom. The van der Waals surface area contributed by atoms with E-state index in [0.29, 0.717) is 13.1 Å². The van der Waals surface area contributed by atoms with Crippen LogP contribution in [0.5, 0.6) is 0 Å². The van der Waals surface area contributed by atoms with Gasteiger partial charge in [0, 0.05) is 17.6 Å². The predicted octanol–water partition coefficient (Wildman–Crippen LogP) is 3.37. The number of aliphatic hydroxyl groups excluding tert-OH is 1. The third-order valence-electron chi connectivity index (χ3n) is 2.83. The van der Waals surface area contributed by atoms with Crippen LogP contribution < -0.4 is 5.32 Å². The topological polar surface area (TPSA) is 32.3 Å². The van der Waals surface area contributed by atoms with E-state index < -0.39 is 0 Å². The minimum Gasteiger partial charge on any atom is -0.392 e. The lowest BCUT2D eigenvalue weighted by atomic mass is 10.1. The Morgan fingerprint density at radius 3 is 2.63 bits per heavy atom. The van der Waals surface area contributed by atoms with Gasteiger partial charge >= 0.3 is 0 Å². The van der Waals surface area contributed by atoms with Gasteiger partial charge in [-0.15, -0.1) is 0 Å². The number of hydrogen-bond acceptors (Lipinski definition) is 2. The molecule has 2 aromatic carbocycles. The minimum absolute atomic E-state index is 0.0449. The molecule has 0 fully saturated rings. The average molecular weight is 324 g/mol. The van der Waals surface area contributed by atoms with Crippen molar-refractivity contribution in [1.29, 1.82) is 0 Å². The molecule has 0 heterocycles. The third kappa shape index (κ3) is 4.13. The summed E-state index contributed by atoms with van der Waals surface area (Å²) < 4.78 is 14.0. The van der Waals surface area contributed by atoms with Crippen LogP contribution in [0.4, 0.5) is 4.39 Å². The van der Waals surface area contributed by atoms with E-state index in [9.17, 15) is 4.39 Å². The molecule has 2 nitrogen and oxygen atoms in total. The number of benzene rings is 2. The molecule has 2 rings (SSSR count). The summed E-state index contributed by atoms with van der Waals surface area (Å²) in [4.78, 5) is 0. The third-order valence-corrected chi connectivity index (χ3v) is 3.60. The van der Waals surface area contributed by atoms with E-state index in [1.54, 1.807) is 6.07 Å². The highest BCUT2D eigenvalue weighted by Gasteiger charge is 2.02. The predicted molar refractivity (Wildman–Crippen MR) is 77.0 cm³/mol. The molecule has 4 heteroatoms. The van der Waals surface area contributed by atoms with E-state index in [4.69, 9.17) is 5.11 Å². The number of rotatable bonds is 5. The van der Waals surface area contributed by atoms with Gasteiger partial charge in [-0.25, -0.2) is 4.39 Å². The van der Waals surface area contributed by atoms with Gasteiger partial charge in [0.2, 0.25) is 0 Å². The molecule has 0 aliphatic heterocycles. The standard InChI is InChI=1S/C15H15BrFNO/c16-15-5-4-14(17)7-13(15)9-18-8-11-2-1-3-12(6-11)10-19/h1-7,18-19H,8-10H2. The number of hydrogen-bond donors (Lipinski definition) is 2. The second kappa shape index (κ2) is 6.80. The zero-order chi connectivity index (χ0) is 13.7. The van der Waals surface area contributed by atoms with Crippen LogP contribution in [-0.2, 0) is 19.7 Å². The summed E-state index contributed by atoms with van der Waals surface area (Å²) in [5.41, 5.74) is 2.88. The van der Waals surface area contributed by atoms with Crippen molar-refractivity contribution >= 4 is 15.9 Å². The van der Waals surface area contributed by atoms with Crippen LogP contribution in [0.2, 0.25) is 0 Å². The molecule has 0 spiro atoms. The van der Waals surface area contributed by atoms with Gasteiger partial charge in [-0.3, -0.25) is 0 Å². The first kappa shape index (κ1) is 14.2. The zero-order valence-corrected chi connectivity index (χ0v) is 12.0. The van der Waals surface area contributed by atoms with Crippen molar-refractivity contribution in [2.45, 2.75) is 19.7 Å². The fourth-order valence-corrected chi connectivity index (χ4v) is 2.25. The Kier molecular flexibility index (Phi) is 5.07. The molecule has 100 valence electrons. The number of aliphatic hydroxyl groups is 1. The maximum atomic E-state index is 13.1. The summed E-state index contributed by atoms with van der Waals surface area (Å²) >= 11 is 3.40. The summed E-state index contributed by atoms with van der Waals surface area (Å²) in [5, 5.41) is 12.3. The molecule has 0 radical (unpaired) electrons. The molecule has 19 heavy (non-hydrogen) atoms. The fourth-order valence-electron chi connectivity index (χ4n) is 1.86. The van der Waals surface area contributed by atoms with Gasteiger partial charge in [0.1, 0.15) is 5.82 Å². The first-order chi connectivity index (χ1) is 9.19. The van der Waals surface area contributed by atoms with Gasteiger partial charge in [0.05, 0.1) is 6.61 Å². The van der Waals surface area contributed by atoms with Gasteiger partial charge in [0.15, 0.2) is 0 Å². The van der Waals surface area contributed by atoms with E-state index in [-0.39, 0.29) is 12.4 Å². The molecular formula is C15H15BrFNO. The van der Waals surface area contributed by atoms with E-state index in [2.05, 4.69) is 21.2 Å². The van der Waals surface area contributed by atoms with Crippen LogP contribution in [-0.4, -0.2) is 5.11 Å². The summed E-state index contributed by atoms with van der Waals surface area (Å²) in [6.07, 6.45) is 0. The summed E-state index contributed by atoms with van der Waals surface area (Å²) in [7, 11) is 0. The maximum Gasteiger partial charge on any atom is 0.123 e. The van der Waals surface area contributed by atoms with Crippen molar-refractivity contribution in [1.82, 2.24) is 5.32 Å². The van der Waals surface area contributed by atoms with Crippen molar-refractivity contribution in [3.63, 3.8) is 0 Å². The normalized spacial score (nSPS) is 10.7. The lowest BCUT2D eigenvalue weighted by Gasteiger charge is -2.08. The van der Waals surface area contributed by atoms with E-state index >= 15 is 0 Å². The van der Waals surface area contributed by atoms with Crippen LogP contribution in [0.25, 0.3) is 0 Å². The molecule has 2 aromatic rings. The largest absolute Gasteiger partial charge is 0.392 e. The quantitative estimate of drug-likeness (QED) is 0.884. The van der Waals surface area contributed by atoms with Crippen molar-refractivity contribution in [2.24, 2.45) is 0 Å². The molecule has 2 N–H and O–H groups in total. The molecule has 0 aliphatic carbocycles. The van der Waals surface area contributed by atoms with Crippen LogP contribution in [0.3, 0.4) is 0 Å². The molecule has 0 aromatic heterocycles. The van der Waals surface area contributed by atoms with E-state index in [0.717, 1.165) is 21.2 Å². The molecule has 0 aliphatic rings. The molecule has 0 amide bonds. The summed E-state index contributed by atoms with van der Waals surface area (Å²) in [5.74, 6) is -0.234. The molecule has 0 saturated heterocycles. The van der Waals surface area contributed by atoms with Crippen molar-refractivity contribution in [3.8, 4) is 0 Å². The molecular weight excluding hydrogens is 309 g/mol. The highest BCUT2D eigenvalue weighted by Crippen LogP contribution is 2.17. The first-order valence-corrected chi connectivity index (χ1v) is 6.81. The summed E-state index contributed by atoms with van der Waals surface area (Å²) in [6, 6.07) is 12.4. The van der Waals surface area contributed by atoms with Gasteiger partial charge in [-0.05, 0) is 34.9 Å². The second-order valence-electron chi connectivity index (χ2n) is 4.32. The molecule has 0 bridgehead atoms. The van der Waals surface area contributed by atoms with Crippen molar-refractivity contribution in [3.05, 3.63) is 69.4 Å². The van der Waals surface area contributed by atoms with Gasteiger partial charge in [0.25, 0.3) is 0 Å². The smallest absolute Gasteiger partial charge is 0.123 e. The van der Waals surface area contributed by atoms with Crippen LogP contribution in [0.15, 0.2) is 46.9 Å². The monoisotopic (exact) mass is 323 g/mol. The Morgan fingerprint density at radius 2 is 1.84 bits per heavy atom. The SMILES string of the molecule is OCc1cccc(CNCc2cc(F)ccc2Br)c1. The van der Waals surface area contributed by atoms with E-state index in [1.807, 2.05) is 24.3 Å².